The third-order valence-electron chi connectivity index (χ3n) is 3.00. The Hall–Kier alpha value is -1.53. The van der Waals surface area contributed by atoms with Gasteiger partial charge in [-0.25, -0.2) is 0 Å². The zero-order valence-corrected chi connectivity index (χ0v) is 12.1. The number of anilines is 1. The Kier molecular flexibility index (Phi) is 6.38. The number of rotatable bonds is 6. The number of nitriles is 1. The van der Waals surface area contributed by atoms with E-state index in [2.05, 4.69) is 19.2 Å². The number of amides is 1. The Bertz CT molecular complexity index is 474. The molecule has 1 rings (SSSR count). The van der Waals surface area contributed by atoms with E-state index < -0.39 is 0 Å². The van der Waals surface area contributed by atoms with Crippen molar-refractivity contribution < 1.29 is 4.79 Å². The van der Waals surface area contributed by atoms with Crippen molar-refractivity contribution in [2.75, 3.05) is 5.32 Å². The van der Waals surface area contributed by atoms with Crippen LogP contribution in [0.2, 0.25) is 5.02 Å². The summed E-state index contributed by atoms with van der Waals surface area (Å²) < 4.78 is 0. The normalized spacial score (nSPS) is 10.3. The first-order valence-electron chi connectivity index (χ1n) is 6.62. The number of nitrogens with one attached hydrogen (secondary N) is 1. The van der Waals surface area contributed by atoms with Gasteiger partial charge < -0.3 is 5.32 Å². The van der Waals surface area contributed by atoms with Crippen molar-refractivity contribution in [3.8, 4) is 6.07 Å². The number of nitrogens with zero attached hydrogens (tertiary/aromatic N) is 1. The van der Waals surface area contributed by atoms with Crippen LogP contribution in [-0.2, 0) is 4.79 Å². The Morgan fingerprint density at radius 2 is 2.00 bits per heavy atom. The van der Waals surface area contributed by atoms with Gasteiger partial charge in [0.15, 0.2) is 0 Å². The van der Waals surface area contributed by atoms with E-state index in [4.69, 9.17) is 16.9 Å². The summed E-state index contributed by atoms with van der Waals surface area (Å²) in [6.07, 6.45) is 3.69. The molecule has 0 saturated heterocycles. The molecule has 4 heteroatoms. The van der Waals surface area contributed by atoms with Gasteiger partial charge in [-0.3, -0.25) is 4.79 Å². The molecule has 0 radical (unpaired) electrons. The lowest BCUT2D eigenvalue weighted by molar-refractivity contribution is -0.120. The minimum absolute atomic E-state index is 0.0109. The molecule has 3 nitrogen and oxygen atoms in total. The quantitative estimate of drug-likeness (QED) is 0.840. The Balaban J connectivity index is 2.82. The summed E-state index contributed by atoms with van der Waals surface area (Å²) in [5.41, 5.74) is 1.00. The van der Waals surface area contributed by atoms with Gasteiger partial charge in [-0.05, 0) is 31.0 Å². The Morgan fingerprint density at radius 1 is 1.37 bits per heavy atom. The fourth-order valence-electron chi connectivity index (χ4n) is 2.03. The number of carbonyl (C=O) groups is 1. The molecule has 0 aliphatic heterocycles. The van der Waals surface area contributed by atoms with Crippen molar-refractivity contribution in [3.63, 3.8) is 0 Å². The molecule has 0 fully saturated rings. The maximum atomic E-state index is 12.2. The van der Waals surface area contributed by atoms with Crippen LogP contribution in [0.15, 0.2) is 18.2 Å². The summed E-state index contributed by atoms with van der Waals surface area (Å²) >= 11 is 6.03. The molecule has 102 valence electrons. The number of halogens is 1. The molecule has 0 aliphatic rings. The molecule has 0 spiro atoms. The van der Waals surface area contributed by atoms with Gasteiger partial charge in [0.1, 0.15) is 0 Å². The van der Waals surface area contributed by atoms with Crippen molar-refractivity contribution in [1.82, 2.24) is 0 Å². The molecule has 0 aliphatic carbocycles. The minimum atomic E-state index is -0.0133. The molecule has 1 amide bonds. The van der Waals surface area contributed by atoms with Crippen LogP contribution in [0.3, 0.4) is 0 Å². The summed E-state index contributed by atoms with van der Waals surface area (Å²) in [7, 11) is 0. The van der Waals surface area contributed by atoms with E-state index >= 15 is 0 Å². The standard InChI is InChI=1S/C15H19ClN2O/c1-3-5-12(6-4-2)15(19)18-14-9-11(10-17)7-8-13(14)16/h7-9,12H,3-6H2,1-2H3,(H,18,19). The average molecular weight is 279 g/mol. The maximum Gasteiger partial charge on any atom is 0.227 e. The van der Waals surface area contributed by atoms with Crippen LogP contribution in [0.5, 0.6) is 0 Å². The van der Waals surface area contributed by atoms with Gasteiger partial charge >= 0.3 is 0 Å². The summed E-state index contributed by atoms with van der Waals surface area (Å²) in [5, 5.41) is 12.1. The SMILES string of the molecule is CCCC(CCC)C(=O)Nc1cc(C#N)ccc1Cl. The van der Waals surface area contributed by atoms with Gasteiger partial charge in [0.25, 0.3) is 0 Å². The number of benzene rings is 1. The zero-order chi connectivity index (χ0) is 14.3. The van der Waals surface area contributed by atoms with Crippen LogP contribution in [0, 0.1) is 17.2 Å². The molecule has 1 aromatic carbocycles. The zero-order valence-electron chi connectivity index (χ0n) is 11.4. The van der Waals surface area contributed by atoms with Crippen LogP contribution in [-0.4, -0.2) is 5.91 Å². The van der Waals surface area contributed by atoms with E-state index in [0.29, 0.717) is 16.3 Å². The summed E-state index contributed by atoms with van der Waals surface area (Å²) in [6, 6.07) is 6.91. The molecular weight excluding hydrogens is 260 g/mol. The highest BCUT2D eigenvalue weighted by atomic mass is 35.5. The van der Waals surface area contributed by atoms with Crippen molar-refractivity contribution in [2.45, 2.75) is 39.5 Å². The van der Waals surface area contributed by atoms with E-state index in [-0.39, 0.29) is 11.8 Å². The monoisotopic (exact) mass is 278 g/mol. The molecule has 0 bridgehead atoms. The van der Waals surface area contributed by atoms with Crippen LogP contribution in [0.25, 0.3) is 0 Å². The lowest BCUT2D eigenvalue weighted by Gasteiger charge is -2.16. The first-order valence-corrected chi connectivity index (χ1v) is 7.00. The van der Waals surface area contributed by atoms with Gasteiger partial charge in [0.2, 0.25) is 5.91 Å². The first-order chi connectivity index (χ1) is 9.12. The topological polar surface area (TPSA) is 52.9 Å². The lowest BCUT2D eigenvalue weighted by Crippen LogP contribution is -2.22. The van der Waals surface area contributed by atoms with Crippen LogP contribution in [0.4, 0.5) is 5.69 Å². The van der Waals surface area contributed by atoms with Gasteiger partial charge in [-0.1, -0.05) is 38.3 Å². The van der Waals surface area contributed by atoms with E-state index in [1.807, 2.05) is 6.07 Å². The van der Waals surface area contributed by atoms with Crippen molar-refractivity contribution in [1.29, 1.82) is 5.26 Å². The minimum Gasteiger partial charge on any atom is -0.324 e. The smallest absolute Gasteiger partial charge is 0.227 e. The predicted molar refractivity (Wildman–Crippen MR) is 78.1 cm³/mol. The summed E-state index contributed by atoms with van der Waals surface area (Å²) in [6.45, 7) is 4.14. The first kappa shape index (κ1) is 15.5. The molecule has 0 saturated carbocycles. The van der Waals surface area contributed by atoms with Crippen LogP contribution in [0.1, 0.15) is 45.1 Å². The Morgan fingerprint density at radius 3 is 2.53 bits per heavy atom. The fourth-order valence-corrected chi connectivity index (χ4v) is 2.19. The van der Waals surface area contributed by atoms with Gasteiger partial charge in [-0.2, -0.15) is 5.26 Å². The number of hydrogen-bond acceptors (Lipinski definition) is 2. The lowest BCUT2D eigenvalue weighted by atomic mass is 9.97. The highest BCUT2D eigenvalue weighted by molar-refractivity contribution is 6.33. The highest BCUT2D eigenvalue weighted by Gasteiger charge is 2.17. The van der Waals surface area contributed by atoms with Crippen LogP contribution >= 0.6 is 11.6 Å². The van der Waals surface area contributed by atoms with Crippen molar-refractivity contribution in [2.24, 2.45) is 5.92 Å². The predicted octanol–water partition coefficient (Wildman–Crippen LogP) is 4.37. The van der Waals surface area contributed by atoms with E-state index in [9.17, 15) is 4.79 Å². The highest BCUT2D eigenvalue weighted by Crippen LogP contribution is 2.24. The Labute approximate surface area is 119 Å². The van der Waals surface area contributed by atoms with E-state index in [0.717, 1.165) is 25.7 Å². The molecule has 1 N–H and O–H groups in total. The number of carbonyl (C=O) groups excluding carboxylic acids is 1. The summed E-state index contributed by atoms with van der Waals surface area (Å²) in [5.74, 6) is -0.00232. The van der Waals surface area contributed by atoms with Crippen molar-refractivity contribution >= 4 is 23.2 Å². The van der Waals surface area contributed by atoms with Gasteiger partial charge in [0.05, 0.1) is 22.3 Å². The van der Waals surface area contributed by atoms with Gasteiger partial charge in [0, 0.05) is 5.92 Å². The third-order valence-corrected chi connectivity index (χ3v) is 3.33. The average Bonchev–Trinajstić information content (AvgIpc) is 2.41. The second-order valence-corrected chi connectivity index (χ2v) is 4.98. The fraction of sp³-hybridized carbons (Fsp3) is 0.467. The summed E-state index contributed by atoms with van der Waals surface area (Å²) in [4.78, 5) is 12.2. The number of hydrogen-bond donors (Lipinski definition) is 1. The molecule has 0 unspecified atom stereocenters. The molecule has 0 atom stereocenters. The van der Waals surface area contributed by atoms with Crippen molar-refractivity contribution in [3.05, 3.63) is 28.8 Å². The van der Waals surface area contributed by atoms with Gasteiger partial charge in [-0.15, -0.1) is 0 Å². The maximum absolute atomic E-state index is 12.2. The molecule has 1 aromatic rings. The largest absolute Gasteiger partial charge is 0.324 e. The second-order valence-electron chi connectivity index (χ2n) is 4.57. The molecule has 19 heavy (non-hydrogen) atoms. The molecule has 0 heterocycles. The second kappa shape index (κ2) is 7.81. The van der Waals surface area contributed by atoms with E-state index in [1.165, 1.54) is 0 Å². The third kappa shape index (κ3) is 4.57. The molecule has 0 aromatic heterocycles. The van der Waals surface area contributed by atoms with Crippen LogP contribution < -0.4 is 5.32 Å². The van der Waals surface area contributed by atoms with E-state index in [1.54, 1.807) is 18.2 Å². The molecular formula is C15H19ClN2O.